The summed E-state index contributed by atoms with van der Waals surface area (Å²) in [6, 6.07) is 18.8. The van der Waals surface area contributed by atoms with Crippen LogP contribution < -0.4 is 5.73 Å². The number of nitrogens with zero attached hydrogens (tertiary/aromatic N) is 2. The summed E-state index contributed by atoms with van der Waals surface area (Å²) in [6.07, 6.45) is 5.07. The molecule has 0 aromatic heterocycles. The molecule has 0 radical (unpaired) electrons. The Morgan fingerprint density at radius 1 is 0.963 bits per heavy atom. The molecule has 0 spiro atoms. The first kappa shape index (κ1) is 20.1. The van der Waals surface area contributed by atoms with Crippen LogP contribution in [0.2, 0.25) is 0 Å². The maximum absolute atomic E-state index is 9.19. The molecule has 0 amide bonds. The fraction of sp³-hybridized carbons (Fsp3) is 0.435. The maximum atomic E-state index is 9.19. The topological polar surface area (TPSA) is 53.0 Å². The molecule has 2 aromatic carbocycles. The van der Waals surface area contributed by atoms with Crippen LogP contribution >= 0.6 is 15.9 Å². The van der Waals surface area contributed by atoms with Crippen LogP contribution in [-0.2, 0) is 13.1 Å². The van der Waals surface area contributed by atoms with Crippen LogP contribution in [0.5, 0.6) is 0 Å². The van der Waals surface area contributed by atoms with Crippen LogP contribution in [0.4, 0.5) is 0 Å². The standard InChI is InChI=1S/C23H28BrN3/c24-23-10-8-20(9-11-23)16-27(15-19-6-4-18(13-25)5-7-19)17-22-3-1-2-21(12-22)14-26/h1-3,8-12,18-19H,4-7,13,15-17,25H2. The molecule has 1 aliphatic carbocycles. The van der Waals surface area contributed by atoms with Gasteiger partial charge in [0.25, 0.3) is 0 Å². The second kappa shape index (κ2) is 10.0. The van der Waals surface area contributed by atoms with Gasteiger partial charge in [0.05, 0.1) is 11.6 Å². The Labute approximate surface area is 171 Å². The third-order valence-corrected chi connectivity index (χ3v) is 6.13. The molecule has 4 heteroatoms. The van der Waals surface area contributed by atoms with Gasteiger partial charge in [0.1, 0.15) is 0 Å². The molecule has 2 N–H and O–H groups in total. The van der Waals surface area contributed by atoms with Crippen molar-refractivity contribution in [1.82, 2.24) is 4.90 Å². The molecule has 27 heavy (non-hydrogen) atoms. The summed E-state index contributed by atoms with van der Waals surface area (Å²) < 4.78 is 1.11. The van der Waals surface area contributed by atoms with Crippen molar-refractivity contribution in [2.45, 2.75) is 38.8 Å². The highest BCUT2D eigenvalue weighted by molar-refractivity contribution is 9.10. The molecule has 0 saturated heterocycles. The molecule has 1 fully saturated rings. The van der Waals surface area contributed by atoms with Gasteiger partial charge in [-0.15, -0.1) is 0 Å². The molecule has 0 atom stereocenters. The minimum absolute atomic E-state index is 0.716. The number of hydrogen-bond acceptors (Lipinski definition) is 3. The summed E-state index contributed by atoms with van der Waals surface area (Å²) in [7, 11) is 0. The van der Waals surface area contributed by atoms with Crippen molar-refractivity contribution in [2.75, 3.05) is 13.1 Å². The molecule has 3 nitrogen and oxygen atoms in total. The van der Waals surface area contributed by atoms with Crippen LogP contribution in [0.15, 0.2) is 53.0 Å². The lowest BCUT2D eigenvalue weighted by Crippen LogP contribution is -2.32. The highest BCUT2D eigenvalue weighted by Gasteiger charge is 2.22. The van der Waals surface area contributed by atoms with Crippen LogP contribution in [0.1, 0.15) is 42.4 Å². The third kappa shape index (κ3) is 6.17. The van der Waals surface area contributed by atoms with Gasteiger partial charge >= 0.3 is 0 Å². The predicted molar refractivity (Wildman–Crippen MR) is 114 cm³/mol. The summed E-state index contributed by atoms with van der Waals surface area (Å²) in [6.45, 7) is 3.74. The lowest BCUT2D eigenvalue weighted by atomic mass is 9.82. The highest BCUT2D eigenvalue weighted by atomic mass is 79.9. The molecule has 0 bridgehead atoms. The lowest BCUT2D eigenvalue weighted by molar-refractivity contribution is 0.170. The van der Waals surface area contributed by atoms with Crippen LogP contribution in [0.25, 0.3) is 0 Å². The average molecular weight is 426 g/mol. The average Bonchev–Trinajstić information content (AvgIpc) is 2.70. The zero-order valence-corrected chi connectivity index (χ0v) is 17.4. The van der Waals surface area contributed by atoms with E-state index in [9.17, 15) is 5.26 Å². The number of nitriles is 1. The SMILES string of the molecule is N#Cc1cccc(CN(Cc2ccc(Br)cc2)CC2CCC(CN)CC2)c1. The number of hydrogen-bond donors (Lipinski definition) is 1. The molecule has 0 heterocycles. The minimum Gasteiger partial charge on any atom is -0.330 e. The Bertz CT molecular complexity index is 758. The lowest BCUT2D eigenvalue weighted by Gasteiger charge is -2.32. The van der Waals surface area contributed by atoms with Crippen LogP contribution in [0, 0.1) is 23.2 Å². The van der Waals surface area contributed by atoms with Crippen molar-refractivity contribution in [3.63, 3.8) is 0 Å². The van der Waals surface area contributed by atoms with Crippen molar-refractivity contribution in [3.8, 4) is 6.07 Å². The van der Waals surface area contributed by atoms with Gasteiger partial charge in [0, 0.05) is 24.1 Å². The van der Waals surface area contributed by atoms with Crippen LogP contribution in [-0.4, -0.2) is 18.0 Å². The molecule has 0 unspecified atom stereocenters. The normalized spacial score (nSPS) is 19.8. The van der Waals surface area contributed by atoms with Crippen molar-refractivity contribution >= 4 is 15.9 Å². The zero-order chi connectivity index (χ0) is 19.1. The van der Waals surface area contributed by atoms with Crippen molar-refractivity contribution < 1.29 is 0 Å². The van der Waals surface area contributed by atoms with Gasteiger partial charge in [-0.2, -0.15) is 5.26 Å². The number of nitrogens with two attached hydrogens (primary N) is 1. The molecule has 3 rings (SSSR count). The van der Waals surface area contributed by atoms with Gasteiger partial charge in [-0.3, -0.25) is 4.90 Å². The molecule has 0 aliphatic heterocycles. The Morgan fingerprint density at radius 3 is 2.30 bits per heavy atom. The van der Waals surface area contributed by atoms with Gasteiger partial charge in [-0.05, 0) is 79.5 Å². The highest BCUT2D eigenvalue weighted by Crippen LogP contribution is 2.29. The van der Waals surface area contributed by atoms with E-state index in [0.717, 1.165) is 42.1 Å². The molecule has 1 aliphatic rings. The van der Waals surface area contributed by atoms with E-state index in [1.165, 1.54) is 36.8 Å². The fourth-order valence-electron chi connectivity index (χ4n) is 4.05. The van der Waals surface area contributed by atoms with Crippen molar-refractivity contribution in [3.05, 3.63) is 69.7 Å². The molecule has 2 aromatic rings. The monoisotopic (exact) mass is 425 g/mol. The largest absolute Gasteiger partial charge is 0.330 e. The summed E-state index contributed by atoms with van der Waals surface area (Å²) in [5, 5.41) is 9.19. The van der Waals surface area contributed by atoms with E-state index in [0.29, 0.717) is 5.92 Å². The van der Waals surface area contributed by atoms with Crippen molar-refractivity contribution in [1.29, 1.82) is 5.26 Å². The minimum atomic E-state index is 0.716. The van der Waals surface area contributed by atoms with Crippen molar-refractivity contribution in [2.24, 2.45) is 17.6 Å². The summed E-state index contributed by atoms with van der Waals surface area (Å²) in [5.74, 6) is 1.45. The number of rotatable bonds is 7. The Balaban J connectivity index is 1.69. The first-order valence-electron chi connectivity index (χ1n) is 9.82. The van der Waals surface area contributed by atoms with E-state index in [1.54, 1.807) is 0 Å². The molecular weight excluding hydrogens is 398 g/mol. The maximum Gasteiger partial charge on any atom is 0.0991 e. The third-order valence-electron chi connectivity index (χ3n) is 5.60. The number of benzene rings is 2. The van der Waals surface area contributed by atoms with Gasteiger partial charge in [0.15, 0.2) is 0 Å². The van der Waals surface area contributed by atoms with Crippen LogP contribution in [0.3, 0.4) is 0 Å². The molecular formula is C23H28BrN3. The Morgan fingerprint density at radius 2 is 1.63 bits per heavy atom. The predicted octanol–water partition coefficient (Wildman–Crippen LogP) is 5.09. The smallest absolute Gasteiger partial charge is 0.0991 e. The van der Waals surface area contributed by atoms with E-state index in [2.05, 4.69) is 57.2 Å². The summed E-state index contributed by atoms with van der Waals surface area (Å²) in [5.41, 5.74) is 9.12. The van der Waals surface area contributed by atoms with Gasteiger partial charge in [-0.1, -0.05) is 40.2 Å². The van der Waals surface area contributed by atoms with E-state index in [1.807, 2.05) is 18.2 Å². The van der Waals surface area contributed by atoms with Gasteiger partial charge in [-0.25, -0.2) is 0 Å². The first-order valence-corrected chi connectivity index (χ1v) is 10.6. The Hall–Kier alpha value is -1.67. The van der Waals surface area contributed by atoms with E-state index >= 15 is 0 Å². The molecule has 142 valence electrons. The van der Waals surface area contributed by atoms with Gasteiger partial charge in [0.2, 0.25) is 0 Å². The fourth-order valence-corrected chi connectivity index (χ4v) is 4.31. The summed E-state index contributed by atoms with van der Waals surface area (Å²) >= 11 is 3.52. The van der Waals surface area contributed by atoms with Gasteiger partial charge < -0.3 is 5.73 Å². The van der Waals surface area contributed by atoms with E-state index < -0.39 is 0 Å². The van der Waals surface area contributed by atoms with E-state index in [-0.39, 0.29) is 0 Å². The first-order chi connectivity index (χ1) is 13.2. The summed E-state index contributed by atoms with van der Waals surface area (Å²) in [4.78, 5) is 2.53. The molecule has 1 saturated carbocycles. The Kier molecular flexibility index (Phi) is 7.46. The van der Waals surface area contributed by atoms with E-state index in [4.69, 9.17) is 5.73 Å². The zero-order valence-electron chi connectivity index (χ0n) is 15.8. The quantitative estimate of drug-likeness (QED) is 0.671. The second-order valence-corrected chi connectivity index (χ2v) is 8.65. The second-order valence-electron chi connectivity index (χ2n) is 7.73. The number of halogens is 1.